The Kier molecular flexibility index (Phi) is 6.04. The summed E-state index contributed by atoms with van der Waals surface area (Å²) in [7, 11) is 0. The van der Waals surface area contributed by atoms with Crippen molar-refractivity contribution in [2.45, 2.75) is 59.3 Å². The van der Waals surface area contributed by atoms with Crippen LogP contribution in [0.3, 0.4) is 0 Å². The first-order valence-corrected chi connectivity index (χ1v) is 8.50. The molecule has 2 rings (SSSR count). The maximum absolute atomic E-state index is 2.31. The molecule has 0 bridgehead atoms. The molecule has 2 aromatic carbocycles. The fourth-order valence-corrected chi connectivity index (χ4v) is 3.09. The van der Waals surface area contributed by atoms with Crippen molar-refractivity contribution < 1.29 is 0 Å². The highest BCUT2D eigenvalue weighted by Crippen LogP contribution is 2.28. The molecule has 0 aromatic heterocycles. The molecule has 0 heteroatoms. The third-order valence-corrected chi connectivity index (χ3v) is 4.10. The zero-order valence-electron chi connectivity index (χ0n) is 13.8. The molecule has 2 aromatic rings. The van der Waals surface area contributed by atoms with Crippen molar-refractivity contribution in [1.82, 2.24) is 0 Å². The Hall–Kier alpha value is -1.56. The van der Waals surface area contributed by atoms with E-state index in [0.29, 0.717) is 0 Å². The van der Waals surface area contributed by atoms with E-state index in [1.807, 2.05) is 0 Å². The van der Waals surface area contributed by atoms with Gasteiger partial charge in [-0.2, -0.15) is 0 Å². The van der Waals surface area contributed by atoms with Gasteiger partial charge in [-0.1, -0.05) is 82.5 Å². The zero-order valence-corrected chi connectivity index (χ0v) is 13.8. The molecule has 112 valence electrons. The van der Waals surface area contributed by atoms with E-state index in [0.717, 1.165) is 0 Å². The van der Waals surface area contributed by atoms with Gasteiger partial charge in [0.15, 0.2) is 0 Å². The van der Waals surface area contributed by atoms with Crippen LogP contribution >= 0.6 is 0 Å². The minimum Gasteiger partial charge on any atom is -0.0651 e. The number of benzene rings is 2. The van der Waals surface area contributed by atoms with Crippen molar-refractivity contribution in [3.63, 3.8) is 0 Å². The topological polar surface area (TPSA) is 0 Å². The van der Waals surface area contributed by atoms with E-state index in [2.05, 4.69) is 63.2 Å². The van der Waals surface area contributed by atoms with Crippen molar-refractivity contribution in [3.8, 4) is 11.1 Å². The second-order valence-electron chi connectivity index (χ2n) is 5.89. The van der Waals surface area contributed by atoms with Crippen molar-refractivity contribution >= 4 is 0 Å². The van der Waals surface area contributed by atoms with Gasteiger partial charge in [0.2, 0.25) is 0 Å². The molecule has 0 N–H and O–H groups in total. The third kappa shape index (κ3) is 3.97. The summed E-state index contributed by atoms with van der Waals surface area (Å²) in [5, 5.41) is 0. The maximum Gasteiger partial charge on any atom is -0.0149 e. The summed E-state index contributed by atoms with van der Waals surface area (Å²) in [5.41, 5.74) is 7.35. The lowest BCUT2D eigenvalue weighted by Crippen LogP contribution is -1.97. The number of rotatable bonds is 7. The average molecular weight is 280 g/mol. The van der Waals surface area contributed by atoms with E-state index in [-0.39, 0.29) is 0 Å². The molecular weight excluding hydrogens is 252 g/mol. The number of hydrogen-bond acceptors (Lipinski definition) is 0. The lowest BCUT2D eigenvalue weighted by Gasteiger charge is -2.15. The Morgan fingerprint density at radius 3 is 1.95 bits per heavy atom. The molecule has 0 saturated carbocycles. The fraction of sp³-hybridized carbons (Fsp3) is 0.429. The quantitative estimate of drug-likeness (QED) is 0.565. The molecule has 0 saturated heterocycles. The second kappa shape index (κ2) is 8.02. The van der Waals surface area contributed by atoms with Crippen LogP contribution in [0.25, 0.3) is 11.1 Å². The standard InChI is InChI=1S/C21H28/c1-4-8-17-13-15-19(16-14-17)21-12-7-11-18(9-5-2)20(21)10-6-3/h7,11-16H,4-6,8-10H2,1-3H3. The second-order valence-corrected chi connectivity index (χ2v) is 5.89. The van der Waals surface area contributed by atoms with Gasteiger partial charge in [0.05, 0.1) is 0 Å². The number of aryl methyl sites for hydroxylation is 2. The maximum atomic E-state index is 2.31. The van der Waals surface area contributed by atoms with E-state index >= 15 is 0 Å². The van der Waals surface area contributed by atoms with E-state index in [9.17, 15) is 0 Å². The predicted octanol–water partition coefficient (Wildman–Crippen LogP) is 6.21. The first-order valence-electron chi connectivity index (χ1n) is 8.50. The highest BCUT2D eigenvalue weighted by molar-refractivity contribution is 5.69. The highest BCUT2D eigenvalue weighted by Gasteiger charge is 2.09. The summed E-state index contributed by atoms with van der Waals surface area (Å²) in [5.74, 6) is 0. The molecule has 0 heterocycles. The molecule has 0 aliphatic carbocycles. The van der Waals surface area contributed by atoms with Crippen LogP contribution < -0.4 is 0 Å². The predicted molar refractivity (Wildman–Crippen MR) is 93.9 cm³/mol. The molecule has 0 aliphatic heterocycles. The van der Waals surface area contributed by atoms with Gasteiger partial charge in [-0.15, -0.1) is 0 Å². The first kappa shape index (κ1) is 15.8. The van der Waals surface area contributed by atoms with Crippen molar-refractivity contribution in [3.05, 3.63) is 59.2 Å². The Labute approximate surface area is 130 Å². The summed E-state index contributed by atoms with van der Waals surface area (Å²) in [4.78, 5) is 0. The summed E-state index contributed by atoms with van der Waals surface area (Å²) < 4.78 is 0. The van der Waals surface area contributed by atoms with Crippen LogP contribution in [0.4, 0.5) is 0 Å². The third-order valence-electron chi connectivity index (χ3n) is 4.10. The van der Waals surface area contributed by atoms with Gasteiger partial charge >= 0.3 is 0 Å². The van der Waals surface area contributed by atoms with E-state index in [1.54, 1.807) is 5.56 Å². The van der Waals surface area contributed by atoms with Gasteiger partial charge in [0.25, 0.3) is 0 Å². The molecule has 0 spiro atoms. The van der Waals surface area contributed by atoms with Gasteiger partial charge in [0, 0.05) is 0 Å². The lowest BCUT2D eigenvalue weighted by molar-refractivity contribution is 0.863. The van der Waals surface area contributed by atoms with Crippen LogP contribution in [0.5, 0.6) is 0 Å². The molecule has 0 amide bonds. The lowest BCUT2D eigenvalue weighted by atomic mass is 9.90. The molecule has 0 atom stereocenters. The minimum absolute atomic E-state index is 1.18. The fourth-order valence-electron chi connectivity index (χ4n) is 3.09. The van der Waals surface area contributed by atoms with Gasteiger partial charge in [-0.25, -0.2) is 0 Å². The van der Waals surface area contributed by atoms with Crippen molar-refractivity contribution in [1.29, 1.82) is 0 Å². The summed E-state index contributed by atoms with van der Waals surface area (Å²) in [6.07, 6.45) is 7.20. The molecule has 0 unspecified atom stereocenters. The van der Waals surface area contributed by atoms with Gasteiger partial charge < -0.3 is 0 Å². The summed E-state index contributed by atoms with van der Waals surface area (Å²) >= 11 is 0. The van der Waals surface area contributed by atoms with Gasteiger partial charge in [-0.3, -0.25) is 0 Å². The molecular formula is C21H28. The van der Waals surface area contributed by atoms with Crippen LogP contribution in [0, 0.1) is 0 Å². The molecule has 0 radical (unpaired) electrons. The van der Waals surface area contributed by atoms with Crippen LogP contribution in [-0.2, 0) is 19.3 Å². The minimum atomic E-state index is 1.18. The van der Waals surface area contributed by atoms with E-state index in [4.69, 9.17) is 0 Å². The van der Waals surface area contributed by atoms with Gasteiger partial charge in [0.1, 0.15) is 0 Å². The largest absolute Gasteiger partial charge is 0.0651 e. The molecule has 21 heavy (non-hydrogen) atoms. The van der Waals surface area contributed by atoms with Crippen LogP contribution in [-0.4, -0.2) is 0 Å². The SMILES string of the molecule is CCCc1ccc(-c2cccc(CCC)c2CCC)cc1. The smallest absolute Gasteiger partial charge is 0.0149 e. The van der Waals surface area contributed by atoms with Gasteiger partial charge in [-0.05, 0) is 47.1 Å². The van der Waals surface area contributed by atoms with Crippen molar-refractivity contribution in [2.24, 2.45) is 0 Å². The summed E-state index contributed by atoms with van der Waals surface area (Å²) in [6.45, 7) is 6.78. The Morgan fingerprint density at radius 2 is 1.33 bits per heavy atom. The molecule has 0 fully saturated rings. The monoisotopic (exact) mass is 280 g/mol. The van der Waals surface area contributed by atoms with Crippen LogP contribution in [0.1, 0.15) is 56.7 Å². The normalized spacial score (nSPS) is 10.8. The Bertz CT molecular complexity index is 549. The molecule has 0 aliphatic rings. The van der Waals surface area contributed by atoms with E-state index < -0.39 is 0 Å². The summed E-state index contributed by atoms with van der Waals surface area (Å²) in [6, 6.07) is 16.0. The Morgan fingerprint density at radius 1 is 0.667 bits per heavy atom. The van der Waals surface area contributed by atoms with E-state index in [1.165, 1.54) is 60.8 Å². The van der Waals surface area contributed by atoms with Crippen molar-refractivity contribution in [2.75, 3.05) is 0 Å². The van der Waals surface area contributed by atoms with Crippen LogP contribution in [0.15, 0.2) is 42.5 Å². The molecule has 0 nitrogen and oxygen atoms in total. The number of hydrogen-bond donors (Lipinski definition) is 0. The average Bonchev–Trinajstić information content (AvgIpc) is 2.51. The highest BCUT2D eigenvalue weighted by atomic mass is 14.1. The zero-order chi connectivity index (χ0) is 15.1. The first-order chi connectivity index (χ1) is 10.3. The Balaban J connectivity index is 2.39. The van der Waals surface area contributed by atoms with Crippen LogP contribution in [0.2, 0.25) is 0 Å².